The average Bonchev–Trinajstić information content (AvgIpc) is 3.01. The minimum Gasteiger partial charge on any atom is -0.465 e. The van der Waals surface area contributed by atoms with Crippen LogP contribution in [-0.4, -0.2) is 48.5 Å². The van der Waals surface area contributed by atoms with Crippen LogP contribution in [0.1, 0.15) is 35.3 Å². The second-order valence-electron chi connectivity index (χ2n) is 5.09. The highest BCUT2D eigenvalue weighted by atomic mass is 16.5. The number of aryl methyl sites for hydroxylation is 1. The van der Waals surface area contributed by atoms with Gasteiger partial charge in [0.25, 0.3) is 0 Å². The number of methoxy groups -OCH3 is 1. The third-order valence-electron chi connectivity index (χ3n) is 3.59. The fourth-order valence-electron chi connectivity index (χ4n) is 2.41. The molecule has 21 heavy (non-hydrogen) atoms. The van der Waals surface area contributed by atoms with Crippen LogP contribution in [0, 0.1) is 6.92 Å². The average molecular weight is 291 g/mol. The number of anilines is 1. The van der Waals surface area contributed by atoms with Crippen molar-refractivity contribution in [1.82, 2.24) is 9.88 Å². The van der Waals surface area contributed by atoms with E-state index in [0.29, 0.717) is 30.0 Å². The lowest BCUT2D eigenvalue weighted by Crippen LogP contribution is -2.29. The lowest BCUT2D eigenvalue weighted by Gasteiger charge is -2.15. The van der Waals surface area contributed by atoms with Crippen molar-refractivity contribution in [3.05, 3.63) is 23.4 Å². The van der Waals surface area contributed by atoms with Gasteiger partial charge in [-0.3, -0.25) is 4.79 Å². The molecule has 0 atom stereocenters. The summed E-state index contributed by atoms with van der Waals surface area (Å²) in [5, 5.41) is 3.11. The number of nitrogens with one attached hydrogen (secondary N) is 1. The van der Waals surface area contributed by atoms with Gasteiger partial charge in [-0.05, 0) is 31.9 Å². The maximum Gasteiger partial charge on any atom is 0.339 e. The van der Waals surface area contributed by atoms with E-state index in [9.17, 15) is 9.59 Å². The van der Waals surface area contributed by atoms with Crippen molar-refractivity contribution in [3.63, 3.8) is 0 Å². The molecule has 0 bridgehead atoms. The molecular weight excluding hydrogens is 270 g/mol. The molecule has 1 aliphatic rings. The molecule has 1 aromatic rings. The number of carbonyl (C=O) groups excluding carboxylic acids is 2. The van der Waals surface area contributed by atoms with E-state index in [1.807, 2.05) is 4.90 Å². The highest BCUT2D eigenvalue weighted by Crippen LogP contribution is 2.12. The summed E-state index contributed by atoms with van der Waals surface area (Å²) in [7, 11) is 1.35. The standard InChI is InChI=1S/C15H21N3O3/c1-11-12(15(20)21-2)5-6-13(17-11)16-8-7-14(19)18-9-3-4-10-18/h5-6H,3-4,7-10H2,1-2H3,(H,16,17). The van der Waals surface area contributed by atoms with Gasteiger partial charge in [0.15, 0.2) is 0 Å². The first-order chi connectivity index (χ1) is 10.1. The van der Waals surface area contributed by atoms with Crippen LogP contribution in [0.25, 0.3) is 0 Å². The van der Waals surface area contributed by atoms with Crippen molar-refractivity contribution in [2.75, 3.05) is 32.1 Å². The number of likely N-dealkylation sites (tertiary alicyclic amines) is 1. The van der Waals surface area contributed by atoms with Crippen LogP contribution in [-0.2, 0) is 9.53 Å². The molecule has 0 radical (unpaired) electrons. The summed E-state index contributed by atoms with van der Waals surface area (Å²) >= 11 is 0. The number of hydrogen-bond acceptors (Lipinski definition) is 5. The van der Waals surface area contributed by atoms with Crippen LogP contribution in [0.3, 0.4) is 0 Å². The lowest BCUT2D eigenvalue weighted by atomic mass is 10.2. The van der Waals surface area contributed by atoms with E-state index in [-0.39, 0.29) is 5.91 Å². The first kappa shape index (κ1) is 15.3. The van der Waals surface area contributed by atoms with Gasteiger partial charge in [-0.25, -0.2) is 9.78 Å². The second-order valence-corrected chi connectivity index (χ2v) is 5.09. The first-order valence-electron chi connectivity index (χ1n) is 7.19. The third kappa shape index (κ3) is 3.93. The van der Waals surface area contributed by atoms with Gasteiger partial charge in [0.1, 0.15) is 5.82 Å². The zero-order valence-electron chi connectivity index (χ0n) is 12.5. The molecule has 114 valence electrons. The molecule has 0 saturated carbocycles. The summed E-state index contributed by atoms with van der Waals surface area (Å²) in [4.78, 5) is 29.6. The van der Waals surface area contributed by atoms with Crippen molar-refractivity contribution in [2.24, 2.45) is 0 Å². The summed E-state index contributed by atoms with van der Waals surface area (Å²) in [6.07, 6.45) is 2.67. The number of hydrogen-bond donors (Lipinski definition) is 1. The van der Waals surface area contributed by atoms with E-state index in [1.165, 1.54) is 7.11 Å². The number of aromatic nitrogens is 1. The van der Waals surface area contributed by atoms with Gasteiger partial charge >= 0.3 is 5.97 Å². The summed E-state index contributed by atoms with van der Waals surface area (Å²) in [6, 6.07) is 3.40. The highest BCUT2D eigenvalue weighted by molar-refractivity contribution is 5.90. The second kappa shape index (κ2) is 7.06. The lowest BCUT2D eigenvalue weighted by molar-refractivity contribution is -0.129. The molecule has 2 heterocycles. The summed E-state index contributed by atoms with van der Waals surface area (Å²) in [5.41, 5.74) is 1.06. The molecule has 1 aliphatic heterocycles. The van der Waals surface area contributed by atoms with Gasteiger partial charge in [-0.2, -0.15) is 0 Å². The molecule has 0 spiro atoms. The number of rotatable bonds is 5. The van der Waals surface area contributed by atoms with E-state index >= 15 is 0 Å². The minimum absolute atomic E-state index is 0.183. The van der Waals surface area contributed by atoms with Gasteiger partial charge in [0, 0.05) is 26.1 Å². The molecule has 1 amide bonds. The van der Waals surface area contributed by atoms with Gasteiger partial charge in [-0.1, -0.05) is 0 Å². The fourth-order valence-corrected chi connectivity index (χ4v) is 2.41. The van der Waals surface area contributed by atoms with Crippen molar-refractivity contribution >= 4 is 17.7 Å². The number of carbonyl (C=O) groups is 2. The molecule has 2 rings (SSSR count). The zero-order valence-corrected chi connectivity index (χ0v) is 12.5. The number of pyridine rings is 1. The fraction of sp³-hybridized carbons (Fsp3) is 0.533. The van der Waals surface area contributed by atoms with Crippen molar-refractivity contribution < 1.29 is 14.3 Å². The zero-order chi connectivity index (χ0) is 15.2. The van der Waals surface area contributed by atoms with Crippen molar-refractivity contribution in [3.8, 4) is 0 Å². The Balaban J connectivity index is 1.84. The molecule has 6 heteroatoms. The molecule has 1 fully saturated rings. The maximum absolute atomic E-state index is 11.9. The Morgan fingerprint density at radius 1 is 1.33 bits per heavy atom. The van der Waals surface area contributed by atoms with Gasteiger partial charge in [0.05, 0.1) is 18.4 Å². The van der Waals surface area contributed by atoms with E-state index in [1.54, 1.807) is 19.1 Å². The topological polar surface area (TPSA) is 71.5 Å². The van der Waals surface area contributed by atoms with Crippen LogP contribution in [0.5, 0.6) is 0 Å². The summed E-state index contributed by atoms with van der Waals surface area (Å²) in [5.74, 6) is 0.452. The highest BCUT2D eigenvalue weighted by Gasteiger charge is 2.17. The molecule has 0 unspecified atom stereocenters. The van der Waals surface area contributed by atoms with Crippen molar-refractivity contribution in [2.45, 2.75) is 26.2 Å². The van der Waals surface area contributed by atoms with Gasteiger partial charge in [0.2, 0.25) is 5.91 Å². The van der Waals surface area contributed by atoms with E-state index in [2.05, 4.69) is 15.0 Å². The number of ether oxygens (including phenoxy) is 1. The number of amides is 1. The Kier molecular flexibility index (Phi) is 5.14. The van der Waals surface area contributed by atoms with E-state index in [0.717, 1.165) is 25.9 Å². The third-order valence-corrected chi connectivity index (χ3v) is 3.59. The number of esters is 1. The van der Waals surface area contributed by atoms with Gasteiger partial charge in [-0.15, -0.1) is 0 Å². The Morgan fingerprint density at radius 2 is 2.05 bits per heavy atom. The molecule has 0 aromatic carbocycles. The molecule has 1 aromatic heterocycles. The Labute approximate surface area is 124 Å². The molecule has 1 saturated heterocycles. The molecule has 1 N–H and O–H groups in total. The minimum atomic E-state index is -0.393. The van der Waals surface area contributed by atoms with E-state index in [4.69, 9.17) is 0 Å². The predicted octanol–water partition coefficient (Wildman–Crippen LogP) is 1.60. The van der Waals surface area contributed by atoms with Crippen molar-refractivity contribution in [1.29, 1.82) is 0 Å². The quantitative estimate of drug-likeness (QED) is 0.834. The largest absolute Gasteiger partial charge is 0.465 e. The van der Waals surface area contributed by atoms with Crippen LogP contribution in [0.2, 0.25) is 0 Å². The van der Waals surface area contributed by atoms with Gasteiger partial charge < -0.3 is 15.0 Å². The van der Waals surface area contributed by atoms with Crippen LogP contribution < -0.4 is 5.32 Å². The van der Waals surface area contributed by atoms with Crippen LogP contribution >= 0.6 is 0 Å². The molecule has 0 aliphatic carbocycles. The summed E-state index contributed by atoms with van der Waals surface area (Å²) in [6.45, 7) is 4.06. The smallest absolute Gasteiger partial charge is 0.339 e. The Morgan fingerprint density at radius 3 is 2.67 bits per heavy atom. The SMILES string of the molecule is COC(=O)c1ccc(NCCC(=O)N2CCCC2)nc1C. The van der Waals surface area contributed by atoms with Crippen LogP contribution in [0.4, 0.5) is 5.82 Å². The normalized spacial score (nSPS) is 14.1. The Hall–Kier alpha value is -2.11. The van der Waals surface area contributed by atoms with E-state index < -0.39 is 5.97 Å². The monoisotopic (exact) mass is 291 g/mol. The number of nitrogens with zero attached hydrogens (tertiary/aromatic N) is 2. The summed E-state index contributed by atoms with van der Waals surface area (Å²) < 4.78 is 4.68. The Bertz CT molecular complexity index is 525. The predicted molar refractivity (Wildman–Crippen MR) is 79.2 cm³/mol. The van der Waals surface area contributed by atoms with Crippen LogP contribution in [0.15, 0.2) is 12.1 Å². The molecule has 6 nitrogen and oxygen atoms in total. The molecular formula is C15H21N3O3. The first-order valence-corrected chi connectivity index (χ1v) is 7.19. The maximum atomic E-state index is 11.9.